The lowest BCUT2D eigenvalue weighted by atomic mass is 10.2. The van der Waals surface area contributed by atoms with Crippen LogP contribution in [0.2, 0.25) is 0 Å². The van der Waals surface area contributed by atoms with E-state index in [0.29, 0.717) is 29.9 Å². The Kier molecular flexibility index (Phi) is 3.12. The second kappa shape index (κ2) is 4.33. The van der Waals surface area contributed by atoms with E-state index < -0.39 is 0 Å². The minimum absolute atomic E-state index is 0.458. The van der Waals surface area contributed by atoms with Gasteiger partial charge in [0, 0.05) is 19.2 Å². The molecule has 0 unspecified atom stereocenters. The molecule has 0 saturated heterocycles. The summed E-state index contributed by atoms with van der Waals surface area (Å²) < 4.78 is 0. The van der Waals surface area contributed by atoms with E-state index in [2.05, 4.69) is 16.8 Å². The summed E-state index contributed by atoms with van der Waals surface area (Å²) in [5.41, 5.74) is 18.1. The molecule has 68 valence electrons. The van der Waals surface area contributed by atoms with E-state index in [-0.39, 0.29) is 0 Å². The maximum atomic E-state index is 5.67. The van der Waals surface area contributed by atoms with Gasteiger partial charge < -0.3 is 17.2 Å². The van der Waals surface area contributed by atoms with Crippen LogP contribution in [0.3, 0.4) is 0 Å². The zero-order chi connectivity index (χ0) is 9.68. The summed E-state index contributed by atoms with van der Waals surface area (Å²) in [6, 6.07) is 0. The molecular formula is C9H12N4. The first kappa shape index (κ1) is 9.36. The lowest BCUT2D eigenvalue weighted by Crippen LogP contribution is -1.99. The molecule has 0 aliphatic carbocycles. The topological polar surface area (TPSA) is 90.9 Å². The van der Waals surface area contributed by atoms with Gasteiger partial charge in [-0.2, -0.15) is 0 Å². The summed E-state index contributed by atoms with van der Waals surface area (Å²) in [5, 5.41) is 0. The van der Waals surface area contributed by atoms with Crippen molar-refractivity contribution in [2.24, 2.45) is 5.73 Å². The number of rotatable bonds is 1. The predicted molar refractivity (Wildman–Crippen MR) is 53.6 cm³/mol. The molecule has 0 saturated carbocycles. The molecule has 1 aromatic rings. The van der Waals surface area contributed by atoms with Gasteiger partial charge in [-0.25, -0.2) is 0 Å². The van der Waals surface area contributed by atoms with Crippen LogP contribution >= 0.6 is 0 Å². The number of hydrogen-bond acceptors (Lipinski definition) is 4. The van der Waals surface area contributed by atoms with Gasteiger partial charge in [-0.3, -0.25) is 4.98 Å². The Morgan fingerprint density at radius 1 is 1.31 bits per heavy atom. The zero-order valence-corrected chi connectivity index (χ0v) is 7.25. The van der Waals surface area contributed by atoms with Crippen molar-refractivity contribution in [2.45, 2.75) is 6.42 Å². The number of nitrogens with two attached hydrogens (primary N) is 3. The van der Waals surface area contributed by atoms with E-state index in [4.69, 9.17) is 17.2 Å². The Bertz CT molecular complexity index is 348. The van der Waals surface area contributed by atoms with Crippen LogP contribution in [0.1, 0.15) is 12.0 Å². The SMILES string of the molecule is NCCC#Cc1cncc(N)c1N. The van der Waals surface area contributed by atoms with Gasteiger partial charge in [0.2, 0.25) is 0 Å². The smallest absolute Gasteiger partial charge is 0.0747 e. The molecule has 0 aromatic carbocycles. The molecule has 13 heavy (non-hydrogen) atoms. The Labute approximate surface area is 77.1 Å². The van der Waals surface area contributed by atoms with Crippen molar-refractivity contribution in [2.75, 3.05) is 18.0 Å². The molecule has 0 atom stereocenters. The summed E-state index contributed by atoms with van der Waals surface area (Å²) in [6.45, 7) is 0.544. The first-order valence-corrected chi connectivity index (χ1v) is 3.93. The minimum Gasteiger partial charge on any atom is -0.396 e. The molecule has 0 aliphatic heterocycles. The van der Waals surface area contributed by atoms with Crippen LogP contribution in [0.4, 0.5) is 11.4 Å². The maximum Gasteiger partial charge on any atom is 0.0747 e. The highest BCUT2D eigenvalue weighted by Crippen LogP contribution is 2.15. The van der Waals surface area contributed by atoms with Crippen molar-refractivity contribution in [3.05, 3.63) is 18.0 Å². The second-order valence-electron chi connectivity index (χ2n) is 2.53. The van der Waals surface area contributed by atoms with Crippen LogP contribution in [0, 0.1) is 11.8 Å². The number of pyridine rings is 1. The van der Waals surface area contributed by atoms with Gasteiger partial charge in [-0.15, -0.1) is 0 Å². The fourth-order valence-corrected chi connectivity index (χ4v) is 0.816. The van der Waals surface area contributed by atoms with Crippen LogP contribution in [0.5, 0.6) is 0 Å². The van der Waals surface area contributed by atoms with Crippen LogP contribution in [0.25, 0.3) is 0 Å². The Hall–Kier alpha value is -1.73. The van der Waals surface area contributed by atoms with Crippen molar-refractivity contribution in [1.29, 1.82) is 0 Å². The maximum absolute atomic E-state index is 5.67. The lowest BCUT2D eigenvalue weighted by molar-refractivity contribution is 1.03. The third-order valence-corrected chi connectivity index (χ3v) is 1.51. The molecule has 0 bridgehead atoms. The Morgan fingerprint density at radius 3 is 2.77 bits per heavy atom. The highest BCUT2D eigenvalue weighted by Gasteiger charge is 1.98. The van der Waals surface area contributed by atoms with Crippen molar-refractivity contribution in [3.8, 4) is 11.8 Å². The van der Waals surface area contributed by atoms with Crippen molar-refractivity contribution in [1.82, 2.24) is 4.98 Å². The van der Waals surface area contributed by atoms with E-state index in [1.54, 1.807) is 6.20 Å². The molecule has 4 heteroatoms. The molecule has 6 N–H and O–H groups in total. The fraction of sp³-hybridized carbons (Fsp3) is 0.222. The monoisotopic (exact) mass is 176 g/mol. The van der Waals surface area contributed by atoms with Gasteiger partial charge >= 0.3 is 0 Å². The van der Waals surface area contributed by atoms with Crippen molar-refractivity contribution in [3.63, 3.8) is 0 Å². The molecule has 4 nitrogen and oxygen atoms in total. The van der Waals surface area contributed by atoms with Gasteiger partial charge in [-0.05, 0) is 0 Å². The largest absolute Gasteiger partial charge is 0.396 e. The molecule has 1 rings (SSSR count). The average molecular weight is 176 g/mol. The van der Waals surface area contributed by atoms with E-state index in [0.717, 1.165) is 0 Å². The summed E-state index contributed by atoms with van der Waals surface area (Å²) in [5.74, 6) is 5.73. The summed E-state index contributed by atoms with van der Waals surface area (Å²) in [7, 11) is 0. The number of aromatic nitrogens is 1. The number of anilines is 2. The zero-order valence-electron chi connectivity index (χ0n) is 7.25. The third kappa shape index (κ3) is 2.36. The first-order valence-electron chi connectivity index (χ1n) is 3.93. The minimum atomic E-state index is 0.458. The number of nitrogens with zero attached hydrogens (tertiary/aromatic N) is 1. The summed E-state index contributed by atoms with van der Waals surface area (Å²) >= 11 is 0. The lowest BCUT2D eigenvalue weighted by Gasteiger charge is -1.99. The fourth-order valence-electron chi connectivity index (χ4n) is 0.816. The normalized spacial score (nSPS) is 9.00. The number of nitrogen functional groups attached to an aromatic ring is 2. The standard InChI is InChI=1S/C9H12N4/c10-4-2-1-3-7-5-13-6-8(11)9(7)12/h5-6H,2,4,10-11H2,(H2,12,13). The highest BCUT2D eigenvalue weighted by atomic mass is 14.7. The summed E-state index contributed by atoms with van der Waals surface area (Å²) in [4.78, 5) is 3.89. The second-order valence-corrected chi connectivity index (χ2v) is 2.53. The molecule has 0 aliphatic rings. The van der Waals surface area contributed by atoms with Gasteiger partial charge in [0.25, 0.3) is 0 Å². The Morgan fingerprint density at radius 2 is 2.08 bits per heavy atom. The molecule has 0 radical (unpaired) electrons. The van der Waals surface area contributed by atoms with Crippen LogP contribution < -0.4 is 17.2 Å². The predicted octanol–water partition coefficient (Wildman–Crippen LogP) is -0.0537. The van der Waals surface area contributed by atoms with Crippen molar-refractivity contribution >= 4 is 11.4 Å². The first-order chi connectivity index (χ1) is 6.25. The van der Waals surface area contributed by atoms with E-state index >= 15 is 0 Å². The van der Waals surface area contributed by atoms with E-state index in [1.165, 1.54) is 6.20 Å². The van der Waals surface area contributed by atoms with Gasteiger partial charge in [-0.1, -0.05) is 11.8 Å². The van der Waals surface area contributed by atoms with Crippen LogP contribution in [-0.4, -0.2) is 11.5 Å². The van der Waals surface area contributed by atoms with E-state index in [1.807, 2.05) is 0 Å². The van der Waals surface area contributed by atoms with E-state index in [9.17, 15) is 0 Å². The Balaban J connectivity index is 2.91. The molecule has 0 amide bonds. The molecule has 0 spiro atoms. The average Bonchev–Trinajstić information content (AvgIpc) is 2.13. The third-order valence-electron chi connectivity index (χ3n) is 1.51. The van der Waals surface area contributed by atoms with Gasteiger partial charge in [0.1, 0.15) is 0 Å². The van der Waals surface area contributed by atoms with Crippen molar-refractivity contribution < 1.29 is 0 Å². The molecular weight excluding hydrogens is 164 g/mol. The van der Waals surface area contributed by atoms with Crippen LogP contribution in [0.15, 0.2) is 12.4 Å². The molecule has 0 fully saturated rings. The highest BCUT2D eigenvalue weighted by molar-refractivity contribution is 5.69. The number of hydrogen-bond donors (Lipinski definition) is 3. The molecule has 1 aromatic heterocycles. The van der Waals surface area contributed by atoms with Gasteiger partial charge in [0.15, 0.2) is 0 Å². The molecule has 1 heterocycles. The quantitative estimate of drug-likeness (QED) is 0.523. The van der Waals surface area contributed by atoms with Gasteiger partial charge in [0.05, 0.1) is 23.1 Å². The van der Waals surface area contributed by atoms with Crippen LogP contribution in [-0.2, 0) is 0 Å². The summed E-state index contributed by atoms with van der Waals surface area (Å²) in [6.07, 6.45) is 3.74.